The number of likely N-dealkylation sites (N-methyl/N-ethyl adjacent to an activating group) is 1. The van der Waals surface area contributed by atoms with Gasteiger partial charge in [0.2, 0.25) is 5.91 Å². The molecule has 1 aliphatic heterocycles. The summed E-state index contributed by atoms with van der Waals surface area (Å²) in [5.41, 5.74) is 6.99. The Morgan fingerprint density at radius 3 is 2.46 bits per heavy atom. The third-order valence-corrected chi connectivity index (χ3v) is 9.03. The van der Waals surface area contributed by atoms with E-state index in [0.29, 0.717) is 25.1 Å². The quantitative estimate of drug-likeness (QED) is 0.314. The normalized spacial score (nSPS) is 16.1. The topological polar surface area (TPSA) is 145 Å². The van der Waals surface area contributed by atoms with Crippen molar-refractivity contribution in [2.45, 2.75) is 29.4 Å². The third-order valence-electron chi connectivity index (χ3n) is 5.60. The molecule has 2 aromatic carbocycles. The number of nitrogen functional groups attached to an aromatic ring is 1. The van der Waals surface area contributed by atoms with Crippen LogP contribution in [0.5, 0.6) is 0 Å². The molecular formula is C23H23F3N4O5S2. The van der Waals surface area contributed by atoms with Gasteiger partial charge in [0.1, 0.15) is 16.1 Å². The van der Waals surface area contributed by atoms with Gasteiger partial charge in [-0.15, -0.1) is 11.3 Å². The van der Waals surface area contributed by atoms with Crippen LogP contribution in [0.15, 0.2) is 58.8 Å². The van der Waals surface area contributed by atoms with Crippen molar-refractivity contribution < 1.29 is 36.3 Å². The minimum atomic E-state index is -5.08. The number of thiophene rings is 1. The van der Waals surface area contributed by atoms with Crippen LogP contribution in [0, 0.1) is 5.41 Å². The SMILES string of the molecule is CN([C@H]1CCN(Cc2cccc(C(=N)N)c2)C1=O)S(=O)(=O)c1cc2ccccc2s1.O=C(O)C(F)(F)F. The lowest BCUT2D eigenvalue weighted by molar-refractivity contribution is -0.192. The molecule has 4 rings (SSSR count). The summed E-state index contributed by atoms with van der Waals surface area (Å²) in [6.45, 7) is 0.827. The lowest BCUT2D eigenvalue weighted by atomic mass is 10.1. The van der Waals surface area contributed by atoms with Gasteiger partial charge in [0.15, 0.2) is 0 Å². The molecule has 3 aromatic rings. The van der Waals surface area contributed by atoms with Gasteiger partial charge in [0.05, 0.1) is 0 Å². The Hall–Kier alpha value is -3.49. The summed E-state index contributed by atoms with van der Waals surface area (Å²) in [7, 11) is -2.30. The second-order valence-corrected chi connectivity index (χ2v) is 11.4. The van der Waals surface area contributed by atoms with Crippen LogP contribution in [-0.4, -0.2) is 66.3 Å². The molecule has 0 unspecified atom stereocenters. The van der Waals surface area contributed by atoms with Crippen LogP contribution in [0.1, 0.15) is 17.5 Å². The molecule has 1 saturated heterocycles. The average molecular weight is 557 g/mol. The maximum absolute atomic E-state index is 13.1. The molecule has 0 spiro atoms. The van der Waals surface area contributed by atoms with E-state index >= 15 is 0 Å². The number of benzene rings is 2. The highest BCUT2D eigenvalue weighted by molar-refractivity contribution is 7.91. The van der Waals surface area contributed by atoms with Crippen LogP contribution < -0.4 is 5.73 Å². The summed E-state index contributed by atoms with van der Waals surface area (Å²) >= 11 is 1.21. The number of nitrogens with zero attached hydrogens (tertiary/aromatic N) is 2. The molecule has 1 aromatic heterocycles. The van der Waals surface area contributed by atoms with E-state index in [2.05, 4.69) is 0 Å². The van der Waals surface area contributed by atoms with Crippen molar-refractivity contribution in [2.75, 3.05) is 13.6 Å². The van der Waals surface area contributed by atoms with E-state index in [1.54, 1.807) is 29.2 Å². The first-order valence-corrected chi connectivity index (χ1v) is 13.0. The Labute approximate surface area is 214 Å². The third kappa shape index (κ3) is 6.45. The average Bonchev–Trinajstić information content (AvgIpc) is 3.43. The summed E-state index contributed by atoms with van der Waals surface area (Å²) in [5.74, 6) is -3.00. The number of carbonyl (C=O) groups is 2. The standard InChI is InChI=1S/C21H22N4O3S2.C2HF3O2/c1-24(30(27,28)19-12-15-6-2-3-8-18(15)29-19)17-9-10-25(21(17)26)13-14-5-4-7-16(11-14)20(22)23;3-2(4,5)1(6)7/h2-8,11-12,17H,9-10,13H2,1H3,(H3,22,23);(H,6,7)/t17-;/m0./s1. The zero-order valence-corrected chi connectivity index (χ0v) is 21.0. The van der Waals surface area contributed by atoms with Crippen molar-refractivity contribution in [3.8, 4) is 0 Å². The van der Waals surface area contributed by atoms with Crippen LogP contribution >= 0.6 is 11.3 Å². The van der Waals surface area contributed by atoms with Crippen molar-refractivity contribution in [1.29, 1.82) is 5.41 Å². The number of carboxylic acid groups (broad SMARTS) is 1. The van der Waals surface area contributed by atoms with E-state index in [1.807, 2.05) is 30.3 Å². The van der Waals surface area contributed by atoms with E-state index in [4.69, 9.17) is 21.0 Å². The van der Waals surface area contributed by atoms with Crippen LogP contribution in [0.25, 0.3) is 10.1 Å². The molecule has 0 radical (unpaired) electrons. The number of nitrogens with two attached hydrogens (primary N) is 1. The summed E-state index contributed by atoms with van der Waals surface area (Å²) in [5, 5.41) is 15.6. The van der Waals surface area contributed by atoms with Crippen molar-refractivity contribution in [3.05, 3.63) is 65.7 Å². The van der Waals surface area contributed by atoms with Gasteiger partial charge >= 0.3 is 12.1 Å². The summed E-state index contributed by atoms with van der Waals surface area (Å²) < 4.78 is 60.4. The molecule has 14 heteroatoms. The number of amides is 1. The highest BCUT2D eigenvalue weighted by Crippen LogP contribution is 2.32. The summed E-state index contributed by atoms with van der Waals surface area (Å²) in [4.78, 5) is 23.5. The first kappa shape index (κ1) is 28.1. The predicted octanol–water partition coefficient (Wildman–Crippen LogP) is 3.24. The Balaban J connectivity index is 0.000000479. The second kappa shape index (κ2) is 10.9. The van der Waals surface area contributed by atoms with Crippen molar-refractivity contribution >= 4 is 49.2 Å². The summed E-state index contributed by atoms with van der Waals surface area (Å²) in [6.07, 6.45) is -4.65. The van der Waals surface area contributed by atoms with Gasteiger partial charge in [0.25, 0.3) is 10.0 Å². The minimum absolute atomic E-state index is 0.0309. The molecule has 198 valence electrons. The van der Waals surface area contributed by atoms with E-state index in [1.165, 1.54) is 22.7 Å². The molecule has 1 atom stereocenters. The van der Waals surface area contributed by atoms with E-state index in [0.717, 1.165) is 15.6 Å². The smallest absolute Gasteiger partial charge is 0.475 e. The zero-order chi connectivity index (χ0) is 27.5. The maximum Gasteiger partial charge on any atom is 0.490 e. The molecule has 4 N–H and O–H groups in total. The maximum atomic E-state index is 13.1. The highest BCUT2D eigenvalue weighted by Gasteiger charge is 2.40. The summed E-state index contributed by atoms with van der Waals surface area (Å²) in [6, 6.07) is 15.6. The number of nitrogens with one attached hydrogen (secondary N) is 1. The molecule has 0 saturated carbocycles. The number of carbonyl (C=O) groups excluding carboxylic acids is 1. The van der Waals surface area contributed by atoms with Crippen molar-refractivity contribution in [1.82, 2.24) is 9.21 Å². The van der Waals surface area contributed by atoms with E-state index in [-0.39, 0.29) is 16.0 Å². The van der Waals surface area contributed by atoms with Gasteiger partial charge in [-0.25, -0.2) is 13.2 Å². The van der Waals surface area contributed by atoms with E-state index < -0.39 is 28.2 Å². The van der Waals surface area contributed by atoms with Gasteiger partial charge in [-0.2, -0.15) is 17.5 Å². The number of hydrogen-bond donors (Lipinski definition) is 3. The number of alkyl halides is 3. The number of sulfonamides is 1. The van der Waals surface area contributed by atoms with Gasteiger partial charge in [-0.05, 0) is 35.6 Å². The number of hydrogen-bond acceptors (Lipinski definition) is 6. The number of rotatable bonds is 6. The van der Waals surface area contributed by atoms with Gasteiger partial charge < -0.3 is 15.7 Å². The molecule has 1 aliphatic rings. The predicted molar refractivity (Wildman–Crippen MR) is 132 cm³/mol. The number of carboxylic acids is 1. The molecular weight excluding hydrogens is 533 g/mol. The Bertz CT molecular complexity index is 1410. The number of likely N-dealkylation sites (tertiary alicyclic amines) is 1. The molecule has 37 heavy (non-hydrogen) atoms. The fourth-order valence-electron chi connectivity index (χ4n) is 3.67. The highest BCUT2D eigenvalue weighted by atomic mass is 32.2. The first-order chi connectivity index (χ1) is 17.2. The molecule has 2 heterocycles. The van der Waals surface area contributed by atoms with Crippen LogP contribution in [0.3, 0.4) is 0 Å². The monoisotopic (exact) mass is 556 g/mol. The molecule has 1 fully saturated rings. The Morgan fingerprint density at radius 1 is 1.22 bits per heavy atom. The Kier molecular flexibility index (Phi) is 8.25. The molecule has 0 bridgehead atoms. The number of aliphatic carboxylic acids is 1. The number of amidine groups is 1. The zero-order valence-electron chi connectivity index (χ0n) is 19.4. The largest absolute Gasteiger partial charge is 0.490 e. The van der Waals surface area contributed by atoms with Gasteiger partial charge in [-0.1, -0.05) is 36.4 Å². The first-order valence-electron chi connectivity index (χ1n) is 10.7. The molecule has 0 aliphatic carbocycles. The number of halogens is 3. The van der Waals surface area contributed by atoms with Crippen molar-refractivity contribution in [3.63, 3.8) is 0 Å². The fourth-order valence-corrected chi connectivity index (χ4v) is 6.60. The lowest BCUT2D eigenvalue weighted by Crippen LogP contribution is -2.42. The fraction of sp³-hybridized carbons (Fsp3) is 0.261. The number of fused-ring (bicyclic) bond motifs is 1. The van der Waals surface area contributed by atoms with Crippen LogP contribution in [0.4, 0.5) is 13.2 Å². The minimum Gasteiger partial charge on any atom is -0.475 e. The molecule has 9 nitrogen and oxygen atoms in total. The van der Waals surface area contributed by atoms with Crippen molar-refractivity contribution in [2.24, 2.45) is 5.73 Å². The van der Waals surface area contributed by atoms with Crippen LogP contribution in [0.2, 0.25) is 0 Å². The van der Waals surface area contributed by atoms with Crippen LogP contribution in [-0.2, 0) is 26.2 Å². The molecule has 1 amide bonds. The van der Waals surface area contributed by atoms with E-state index in [9.17, 15) is 26.4 Å². The Morgan fingerprint density at radius 2 is 1.86 bits per heavy atom. The van der Waals surface area contributed by atoms with Gasteiger partial charge in [-0.3, -0.25) is 10.2 Å². The second-order valence-electron chi connectivity index (χ2n) is 8.11. The van der Waals surface area contributed by atoms with Gasteiger partial charge in [0, 0.05) is 30.4 Å². The lowest BCUT2D eigenvalue weighted by Gasteiger charge is -2.23.